The Balaban J connectivity index is 1.97. The summed E-state index contributed by atoms with van der Waals surface area (Å²) >= 11 is 3.52. The van der Waals surface area contributed by atoms with Gasteiger partial charge >= 0.3 is 0 Å². The average Bonchev–Trinajstić information content (AvgIpc) is 2.88. The molecule has 0 aliphatic heterocycles. The van der Waals surface area contributed by atoms with E-state index in [1.807, 2.05) is 0 Å². The Hall–Kier alpha value is -3.08. The number of rotatable bonds is 8. The Bertz CT molecular complexity index is 959. The largest absolute Gasteiger partial charge is 0.303 e. The smallest absolute Gasteiger partial charge is 0.111 e. The Labute approximate surface area is 199 Å². The third kappa shape index (κ3) is 4.87. The zero-order valence-corrected chi connectivity index (χ0v) is 19.9. The van der Waals surface area contributed by atoms with Gasteiger partial charge in [0.15, 0.2) is 0 Å². The van der Waals surface area contributed by atoms with E-state index in [-0.39, 0.29) is 0 Å². The molecule has 0 aliphatic rings. The van der Waals surface area contributed by atoms with Crippen LogP contribution in [0.1, 0.15) is 0 Å². The number of hydrogen-bond donors (Lipinski definition) is 0. The summed E-state index contributed by atoms with van der Waals surface area (Å²) in [5.74, 6) is 0. The van der Waals surface area contributed by atoms with Gasteiger partial charge in [-0.3, -0.25) is 0 Å². The van der Waals surface area contributed by atoms with Gasteiger partial charge in [-0.2, -0.15) is 0 Å². The summed E-state index contributed by atoms with van der Waals surface area (Å²) in [6.45, 7) is 0. The second kappa shape index (κ2) is 11.0. The van der Waals surface area contributed by atoms with Crippen LogP contribution in [0.3, 0.4) is 0 Å². The first-order chi connectivity index (χ1) is 15.8. The first-order valence-corrected chi connectivity index (χ1v) is 12.9. The second-order valence-corrected chi connectivity index (χ2v) is 8.62. The summed E-state index contributed by atoms with van der Waals surface area (Å²) < 4.78 is 0. The molecule has 0 saturated carbocycles. The van der Waals surface area contributed by atoms with Gasteiger partial charge in [0, 0.05) is 22.7 Å². The maximum Gasteiger partial charge on any atom is 0.111 e. The molecule has 4 heteroatoms. The lowest BCUT2D eigenvalue weighted by Crippen LogP contribution is -2.23. The van der Waals surface area contributed by atoms with Crippen molar-refractivity contribution in [3.63, 3.8) is 0 Å². The van der Waals surface area contributed by atoms with Gasteiger partial charge in [-0.15, -0.1) is 23.5 Å². The Kier molecular flexibility index (Phi) is 7.59. The van der Waals surface area contributed by atoms with E-state index < -0.39 is 0 Å². The standard InChI is InChI=1S/C28H26N2S2/c1-31-27(29(23-15-7-3-8-16-23)24-17-9-4-10-18-24)28(32-2)30(25-19-11-5-12-20-25)26-21-13-6-14-22-26/h3-22H,1-2H3/b28-27+. The van der Waals surface area contributed by atoms with Crippen molar-refractivity contribution in [3.05, 3.63) is 131 Å². The van der Waals surface area contributed by atoms with Gasteiger partial charge in [-0.1, -0.05) is 72.8 Å². The molecule has 4 rings (SSSR count). The number of nitrogens with zero attached hydrogens (tertiary/aromatic N) is 2. The van der Waals surface area contributed by atoms with Crippen molar-refractivity contribution in [2.24, 2.45) is 0 Å². The van der Waals surface area contributed by atoms with Crippen molar-refractivity contribution >= 4 is 46.3 Å². The number of hydrogen-bond acceptors (Lipinski definition) is 4. The first kappa shape index (κ1) is 22.1. The predicted octanol–water partition coefficient (Wildman–Crippen LogP) is 8.52. The summed E-state index contributed by atoms with van der Waals surface area (Å²) in [7, 11) is 0. The lowest BCUT2D eigenvalue weighted by Gasteiger charge is -2.33. The average molecular weight is 455 g/mol. The highest BCUT2D eigenvalue weighted by molar-refractivity contribution is 8.06. The molecule has 0 fully saturated rings. The summed E-state index contributed by atoms with van der Waals surface area (Å²) in [4.78, 5) is 4.69. The van der Waals surface area contributed by atoms with Crippen LogP contribution in [0.5, 0.6) is 0 Å². The third-order valence-electron chi connectivity index (χ3n) is 5.03. The molecule has 0 bridgehead atoms. The van der Waals surface area contributed by atoms with Gasteiger partial charge in [0.1, 0.15) is 10.1 Å². The van der Waals surface area contributed by atoms with Gasteiger partial charge in [0.05, 0.1) is 0 Å². The third-order valence-corrected chi connectivity index (χ3v) is 6.69. The van der Waals surface area contributed by atoms with Crippen molar-refractivity contribution < 1.29 is 0 Å². The number of thioether (sulfide) groups is 2. The quantitative estimate of drug-likeness (QED) is 0.263. The van der Waals surface area contributed by atoms with E-state index in [9.17, 15) is 0 Å². The summed E-state index contributed by atoms with van der Waals surface area (Å²) in [5, 5.41) is 2.34. The highest BCUT2D eigenvalue weighted by atomic mass is 32.2. The Morgan fingerprint density at radius 3 is 0.812 bits per heavy atom. The van der Waals surface area contributed by atoms with Crippen LogP contribution in [0.25, 0.3) is 0 Å². The summed E-state index contributed by atoms with van der Waals surface area (Å²) in [5.41, 5.74) is 4.54. The van der Waals surface area contributed by atoms with Crippen LogP contribution >= 0.6 is 23.5 Å². The van der Waals surface area contributed by atoms with Gasteiger partial charge < -0.3 is 9.80 Å². The normalized spacial score (nSPS) is 11.6. The highest BCUT2D eigenvalue weighted by Gasteiger charge is 2.24. The Morgan fingerprint density at radius 2 is 0.625 bits per heavy atom. The molecule has 2 nitrogen and oxygen atoms in total. The van der Waals surface area contributed by atoms with Gasteiger partial charge in [-0.25, -0.2) is 0 Å². The molecule has 0 aliphatic carbocycles. The van der Waals surface area contributed by atoms with Gasteiger partial charge in [-0.05, 0) is 61.0 Å². The molecular weight excluding hydrogens is 428 g/mol. The molecule has 32 heavy (non-hydrogen) atoms. The maximum atomic E-state index is 2.34. The van der Waals surface area contributed by atoms with Crippen LogP contribution in [0.4, 0.5) is 22.7 Å². The lowest BCUT2D eigenvalue weighted by atomic mass is 10.2. The van der Waals surface area contributed by atoms with Crippen LogP contribution < -0.4 is 9.80 Å². The topological polar surface area (TPSA) is 6.48 Å². The monoisotopic (exact) mass is 454 g/mol. The van der Waals surface area contributed by atoms with Gasteiger partial charge in [0.25, 0.3) is 0 Å². The summed E-state index contributed by atoms with van der Waals surface area (Å²) in [6, 6.07) is 42.3. The van der Waals surface area contributed by atoms with Crippen LogP contribution in [-0.4, -0.2) is 12.5 Å². The Morgan fingerprint density at radius 1 is 0.406 bits per heavy atom. The van der Waals surface area contributed by atoms with Crippen molar-refractivity contribution in [1.29, 1.82) is 0 Å². The van der Waals surface area contributed by atoms with Crippen LogP contribution in [0.2, 0.25) is 0 Å². The fourth-order valence-electron chi connectivity index (χ4n) is 3.62. The molecule has 0 atom stereocenters. The zero-order valence-electron chi connectivity index (χ0n) is 18.3. The second-order valence-electron chi connectivity index (χ2n) is 7.03. The molecule has 0 amide bonds. The van der Waals surface area contributed by atoms with E-state index in [4.69, 9.17) is 0 Å². The van der Waals surface area contributed by atoms with Gasteiger partial charge in [0.2, 0.25) is 0 Å². The molecule has 0 spiro atoms. The molecule has 0 heterocycles. The molecule has 0 unspecified atom stereocenters. The molecule has 0 N–H and O–H groups in total. The fraction of sp³-hybridized carbons (Fsp3) is 0.0714. The highest BCUT2D eigenvalue weighted by Crippen LogP contribution is 2.43. The molecule has 4 aromatic carbocycles. The van der Waals surface area contributed by atoms with E-state index in [1.165, 1.54) is 10.1 Å². The van der Waals surface area contributed by atoms with E-state index >= 15 is 0 Å². The molecule has 4 aromatic rings. The van der Waals surface area contributed by atoms with Crippen molar-refractivity contribution in [2.45, 2.75) is 0 Å². The number of anilines is 4. The van der Waals surface area contributed by atoms with E-state index in [0.717, 1.165) is 22.7 Å². The fourth-order valence-corrected chi connectivity index (χ4v) is 5.44. The van der Waals surface area contributed by atoms with Crippen LogP contribution in [-0.2, 0) is 0 Å². The lowest BCUT2D eigenvalue weighted by molar-refractivity contribution is 1.18. The summed E-state index contributed by atoms with van der Waals surface area (Å²) in [6.07, 6.45) is 4.30. The van der Waals surface area contributed by atoms with E-state index in [1.54, 1.807) is 23.5 Å². The molecule has 0 saturated heterocycles. The zero-order chi connectivity index (χ0) is 22.2. The maximum absolute atomic E-state index is 2.34. The van der Waals surface area contributed by atoms with E-state index in [2.05, 4.69) is 144 Å². The van der Waals surface area contributed by atoms with Crippen LogP contribution in [0, 0.1) is 0 Å². The molecule has 0 aromatic heterocycles. The molecule has 0 radical (unpaired) electrons. The van der Waals surface area contributed by atoms with Crippen molar-refractivity contribution in [3.8, 4) is 0 Å². The van der Waals surface area contributed by atoms with Crippen molar-refractivity contribution in [1.82, 2.24) is 0 Å². The molecule has 160 valence electrons. The minimum absolute atomic E-state index is 1.13. The number of benzene rings is 4. The minimum Gasteiger partial charge on any atom is -0.303 e. The van der Waals surface area contributed by atoms with Crippen molar-refractivity contribution in [2.75, 3.05) is 22.3 Å². The van der Waals surface area contributed by atoms with Crippen LogP contribution in [0.15, 0.2) is 131 Å². The minimum atomic E-state index is 1.13. The predicted molar refractivity (Wildman–Crippen MR) is 144 cm³/mol. The SMILES string of the molecule is CS/C(=C(/SC)N(c1ccccc1)c1ccccc1)N(c1ccccc1)c1ccccc1. The number of para-hydroxylation sites is 4. The molecular formula is C28H26N2S2. The first-order valence-electron chi connectivity index (χ1n) is 10.5. The van der Waals surface area contributed by atoms with E-state index in [0.29, 0.717) is 0 Å².